The topological polar surface area (TPSA) is 75.4 Å². The molecule has 1 fully saturated rings. The number of oxazole rings is 1. The fraction of sp³-hybridized carbons (Fsp3) is 0.320. The van der Waals surface area contributed by atoms with Gasteiger partial charge in [0.25, 0.3) is 0 Å². The summed E-state index contributed by atoms with van der Waals surface area (Å²) in [6, 6.07) is 18.8. The van der Waals surface area contributed by atoms with Crippen molar-refractivity contribution in [2.45, 2.75) is 38.6 Å². The number of amides is 2. The molecular formula is C25H27N3O3. The second-order valence-electron chi connectivity index (χ2n) is 7.91. The van der Waals surface area contributed by atoms with Crippen molar-refractivity contribution in [3.63, 3.8) is 0 Å². The quantitative estimate of drug-likeness (QED) is 0.638. The molecule has 0 bridgehead atoms. The first kappa shape index (κ1) is 20.8. The molecule has 1 saturated heterocycles. The Balaban J connectivity index is 1.47. The molecule has 3 aromatic rings. The van der Waals surface area contributed by atoms with E-state index in [1.165, 1.54) is 0 Å². The lowest BCUT2D eigenvalue weighted by Crippen LogP contribution is -2.49. The number of nitrogens with one attached hydrogen (secondary N) is 1. The number of hydrogen-bond donors (Lipinski definition) is 1. The van der Waals surface area contributed by atoms with Crippen molar-refractivity contribution in [1.82, 2.24) is 15.2 Å². The van der Waals surface area contributed by atoms with Crippen LogP contribution in [0.1, 0.15) is 29.9 Å². The summed E-state index contributed by atoms with van der Waals surface area (Å²) in [5.74, 6) is 0.857. The molecule has 4 rings (SSSR count). The maximum atomic E-state index is 13.1. The fourth-order valence-corrected chi connectivity index (χ4v) is 3.90. The summed E-state index contributed by atoms with van der Waals surface area (Å²) in [4.78, 5) is 32.3. The zero-order valence-corrected chi connectivity index (χ0v) is 17.7. The van der Waals surface area contributed by atoms with Crippen LogP contribution in [0.5, 0.6) is 0 Å². The second kappa shape index (κ2) is 9.60. The first-order valence-electron chi connectivity index (χ1n) is 10.7. The monoisotopic (exact) mass is 417 g/mol. The highest BCUT2D eigenvalue weighted by molar-refractivity contribution is 5.88. The summed E-state index contributed by atoms with van der Waals surface area (Å²) in [5.41, 5.74) is 2.47. The van der Waals surface area contributed by atoms with E-state index >= 15 is 0 Å². The molecule has 2 heterocycles. The van der Waals surface area contributed by atoms with E-state index in [0.29, 0.717) is 23.8 Å². The van der Waals surface area contributed by atoms with E-state index in [1.54, 1.807) is 6.92 Å². The minimum atomic E-state index is -0.589. The lowest BCUT2D eigenvalue weighted by atomic mass is 10.0. The van der Waals surface area contributed by atoms with Crippen LogP contribution in [0.25, 0.3) is 11.5 Å². The zero-order chi connectivity index (χ0) is 21.6. The molecule has 31 heavy (non-hydrogen) atoms. The van der Waals surface area contributed by atoms with Crippen molar-refractivity contribution < 1.29 is 14.0 Å². The summed E-state index contributed by atoms with van der Waals surface area (Å²) >= 11 is 0. The highest BCUT2D eigenvalue weighted by atomic mass is 16.4. The molecule has 1 aliphatic heterocycles. The van der Waals surface area contributed by atoms with Gasteiger partial charge in [0.1, 0.15) is 11.8 Å². The van der Waals surface area contributed by atoms with E-state index in [0.717, 1.165) is 37.1 Å². The van der Waals surface area contributed by atoms with E-state index in [4.69, 9.17) is 4.42 Å². The standard InChI is InChI=1S/C25H27N3O3/c1-18-21(27-24(31-18)20-12-6-3-7-13-20)17-23(29)26-22(16-19-10-4-2-5-11-19)25(30)28-14-8-9-15-28/h2-7,10-13,22H,8-9,14-17H2,1H3,(H,26,29). The number of rotatable bonds is 7. The van der Waals surface area contributed by atoms with Crippen molar-refractivity contribution in [3.05, 3.63) is 77.7 Å². The van der Waals surface area contributed by atoms with Gasteiger partial charge in [0.05, 0.1) is 12.1 Å². The van der Waals surface area contributed by atoms with Gasteiger partial charge in [0.15, 0.2) is 0 Å². The van der Waals surface area contributed by atoms with Crippen molar-refractivity contribution in [2.75, 3.05) is 13.1 Å². The van der Waals surface area contributed by atoms with Gasteiger partial charge in [-0.3, -0.25) is 9.59 Å². The Labute approximate surface area is 182 Å². The molecule has 1 N–H and O–H groups in total. The maximum absolute atomic E-state index is 13.1. The molecule has 6 nitrogen and oxygen atoms in total. The molecule has 0 radical (unpaired) electrons. The van der Waals surface area contributed by atoms with Gasteiger partial charge in [-0.25, -0.2) is 4.98 Å². The lowest BCUT2D eigenvalue weighted by molar-refractivity contribution is -0.135. The van der Waals surface area contributed by atoms with E-state index in [-0.39, 0.29) is 18.2 Å². The predicted octanol–water partition coefficient (Wildman–Crippen LogP) is 3.54. The molecule has 1 atom stereocenters. The normalized spacial score (nSPS) is 14.4. The molecular weight excluding hydrogens is 390 g/mol. The number of carbonyl (C=O) groups excluding carboxylic acids is 2. The van der Waals surface area contributed by atoms with Crippen LogP contribution in [-0.2, 0) is 22.4 Å². The third-order valence-corrected chi connectivity index (χ3v) is 5.58. The Bertz CT molecular complexity index is 1020. The molecule has 1 aromatic heterocycles. The number of hydrogen-bond acceptors (Lipinski definition) is 4. The Kier molecular flexibility index (Phi) is 6.46. The SMILES string of the molecule is Cc1oc(-c2ccccc2)nc1CC(=O)NC(Cc1ccccc1)C(=O)N1CCCC1. The number of aromatic nitrogens is 1. The molecule has 2 amide bonds. The smallest absolute Gasteiger partial charge is 0.245 e. The van der Waals surface area contributed by atoms with Gasteiger partial charge < -0.3 is 14.6 Å². The van der Waals surface area contributed by atoms with E-state index in [1.807, 2.05) is 65.6 Å². The van der Waals surface area contributed by atoms with Crippen LogP contribution >= 0.6 is 0 Å². The Morgan fingerprint density at radius 3 is 2.35 bits per heavy atom. The van der Waals surface area contributed by atoms with Gasteiger partial charge in [0, 0.05) is 25.1 Å². The highest BCUT2D eigenvalue weighted by Gasteiger charge is 2.28. The van der Waals surface area contributed by atoms with Gasteiger partial charge in [-0.2, -0.15) is 0 Å². The average Bonchev–Trinajstić information content (AvgIpc) is 3.45. The number of benzene rings is 2. The summed E-state index contributed by atoms with van der Waals surface area (Å²) in [5, 5.41) is 2.96. The van der Waals surface area contributed by atoms with Crippen molar-refractivity contribution in [1.29, 1.82) is 0 Å². The van der Waals surface area contributed by atoms with Gasteiger partial charge in [-0.1, -0.05) is 48.5 Å². The highest BCUT2D eigenvalue weighted by Crippen LogP contribution is 2.21. The molecule has 1 aliphatic rings. The first-order chi connectivity index (χ1) is 15.1. The minimum Gasteiger partial charge on any atom is -0.441 e. The van der Waals surface area contributed by atoms with Crippen LogP contribution in [0.2, 0.25) is 0 Å². The zero-order valence-electron chi connectivity index (χ0n) is 17.7. The summed E-state index contributed by atoms with van der Waals surface area (Å²) in [7, 11) is 0. The summed E-state index contributed by atoms with van der Waals surface area (Å²) < 4.78 is 5.76. The molecule has 0 spiro atoms. The molecule has 1 unspecified atom stereocenters. The number of likely N-dealkylation sites (tertiary alicyclic amines) is 1. The van der Waals surface area contributed by atoms with Crippen LogP contribution in [-0.4, -0.2) is 40.8 Å². The number of carbonyl (C=O) groups is 2. The van der Waals surface area contributed by atoms with Gasteiger partial charge in [-0.15, -0.1) is 0 Å². The summed E-state index contributed by atoms with van der Waals surface area (Å²) in [6.45, 7) is 3.31. The molecule has 0 aliphatic carbocycles. The molecule has 160 valence electrons. The average molecular weight is 418 g/mol. The van der Waals surface area contributed by atoms with Gasteiger partial charge in [-0.05, 0) is 37.5 Å². The van der Waals surface area contributed by atoms with Gasteiger partial charge >= 0.3 is 0 Å². The van der Waals surface area contributed by atoms with E-state index < -0.39 is 6.04 Å². The third-order valence-electron chi connectivity index (χ3n) is 5.58. The third kappa shape index (κ3) is 5.20. The number of nitrogens with zero attached hydrogens (tertiary/aromatic N) is 2. The molecule has 6 heteroatoms. The van der Waals surface area contributed by atoms with Crippen LogP contribution in [0.4, 0.5) is 0 Å². The fourth-order valence-electron chi connectivity index (χ4n) is 3.90. The van der Waals surface area contributed by atoms with Crippen LogP contribution in [0.3, 0.4) is 0 Å². The molecule has 2 aromatic carbocycles. The molecule has 0 saturated carbocycles. The second-order valence-corrected chi connectivity index (χ2v) is 7.91. The first-order valence-corrected chi connectivity index (χ1v) is 10.7. The Morgan fingerprint density at radius 1 is 1.03 bits per heavy atom. The number of aryl methyl sites for hydroxylation is 1. The van der Waals surface area contributed by atoms with Crippen molar-refractivity contribution in [2.24, 2.45) is 0 Å². The Hall–Kier alpha value is -3.41. The van der Waals surface area contributed by atoms with Crippen molar-refractivity contribution >= 4 is 11.8 Å². The van der Waals surface area contributed by atoms with Crippen LogP contribution < -0.4 is 5.32 Å². The lowest BCUT2D eigenvalue weighted by Gasteiger charge is -2.24. The Morgan fingerprint density at radius 2 is 1.68 bits per heavy atom. The largest absolute Gasteiger partial charge is 0.441 e. The predicted molar refractivity (Wildman–Crippen MR) is 118 cm³/mol. The van der Waals surface area contributed by atoms with Crippen molar-refractivity contribution in [3.8, 4) is 11.5 Å². The maximum Gasteiger partial charge on any atom is 0.245 e. The van der Waals surface area contributed by atoms with E-state index in [9.17, 15) is 9.59 Å². The van der Waals surface area contributed by atoms with Crippen LogP contribution in [0, 0.1) is 6.92 Å². The minimum absolute atomic E-state index is 0.0171. The van der Waals surface area contributed by atoms with E-state index in [2.05, 4.69) is 10.3 Å². The van der Waals surface area contributed by atoms with Gasteiger partial charge in [0.2, 0.25) is 17.7 Å². The summed E-state index contributed by atoms with van der Waals surface area (Å²) in [6.07, 6.45) is 2.56. The van der Waals surface area contributed by atoms with Crippen LogP contribution in [0.15, 0.2) is 65.1 Å².